The molecule has 0 saturated heterocycles. The van der Waals surface area contributed by atoms with E-state index in [1.807, 2.05) is 30.3 Å². The first-order chi connectivity index (χ1) is 15.6. The van der Waals surface area contributed by atoms with Gasteiger partial charge < -0.3 is 19.2 Å². The van der Waals surface area contributed by atoms with Crippen LogP contribution in [0.4, 0.5) is 5.69 Å². The highest BCUT2D eigenvalue weighted by Gasteiger charge is 2.17. The van der Waals surface area contributed by atoms with Gasteiger partial charge in [0.1, 0.15) is 16.9 Å². The number of methoxy groups -OCH3 is 1. The number of hydrogen-bond donors (Lipinski definition) is 1. The number of furan rings is 1. The second-order valence-electron chi connectivity index (χ2n) is 7.15. The Kier molecular flexibility index (Phi) is 4.91. The van der Waals surface area contributed by atoms with Crippen LogP contribution >= 0.6 is 0 Å². The summed E-state index contributed by atoms with van der Waals surface area (Å²) in [6.07, 6.45) is 1.65. The fraction of sp³-hybridized carbons (Fsp3) is 0.0800. The maximum Gasteiger partial charge on any atom is 0.339 e. The van der Waals surface area contributed by atoms with Gasteiger partial charge in [-0.2, -0.15) is 0 Å². The second kappa shape index (κ2) is 8.03. The molecule has 7 heteroatoms. The van der Waals surface area contributed by atoms with E-state index in [1.165, 1.54) is 7.11 Å². The van der Waals surface area contributed by atoms with Gasteiger partial charge in [0.2, 0.25) is 0 Å². The quantitative estimate of drug-likeness (QED) is 0.401. The third-order valence-electron chi connectivity index (χ3n) is 5.17. The molecule has 0 radical (unpaired) electrons. The zero-order valence-electron chi connectivity index (χ0n) is 17.1. The summed E-state index contributed by atoms with van der Waals surface area (Å²) >= 11 is 0. The van der Waals surface area contributed by atoms with Crippen LogP contribution in [0.2, 0.25) is 0 Å². The highest BCUT2D eigenvalue weighted by atomic mass is 16.5. The van der Waals surface area contributed by atoms with Crippen molar-refractivity contribution in [2.24, 2.45) is 0 Å². The molecule has 0 aliphatic rings. The summed E-state index contributed by atoms with van der Waals surface area (Å²) in [6.45, 7) is -0.448. The molecule has 3 aromatic carbocycles. The molecule has 158 valence electrons. The number of carbonyl (C=O) groups excluding carboxylic acids is 2. The fourth-order valence-electron chi connectivity index (χ4n) is 3.69. The number of amides is 1. The minimum absolute atomic E-state index is 0.352. The highest BCUT2D eigenvalue weighted by molar-refractivity contribution is 6.08. The SMILES string of the molecule is COc1cc2c(cc1NC(=O)COC(=O)c1cccc3ncccc13)oc1ccccc12. The van der Waals surface area contributed by atoms with Crippen molar-refractivity contribution in [1.29, 1.82) is 0 Å². The van der Waals surface area contributed by atoms with E-state index in [4.69, 9.17) is 13.9 Å². The molecule has 2 aromatic heterocycles. The van der Waals surface area contributed by atoms with Crippen LogP contribution in [0.25, 0.3) is 32.8 Å². The predicted octanol–water partition coefficient (Wildman–Crippen LogP) is 4.94. The average molecular weight is 426 g/mol. The van der Waals surface area contributed by atoms with Crippen LogP contribution in [0.3, 0.4) is 0 Å². The van der Waals surface area contributed by atoms with Gasteiger partial charge in [0.25, 0.3) is 5.91 Å². The van der Waals surface area contributed by atoms with E-state index in [-0.39, 0.29) is 0 Å². The summed E-state index contributed by atoms with van der Waals surface area (Å²) in [5, 5.41) is 5.23. The Hall–Kier alpha value is -4.39. The number of aromatic nitrogens is 1. The van der Waals surface area contributed by atoms with Gasteiger partial charge in [0.05, 0.1) is 23.9 Å². The first-order valence-corrected chi connectivity index (χ1v) is 9.94. The number of carbonyl (C=O) groups is 2. The van der Waals surface area contributed by atoms with Crippen molar-refractivity contribution < 1.29 is 23.5 Å². The molecular formula is C25H18N2O5. The minimum atomic E-state index is -0.599. The molecule has 0 bridgehead atoms. The van der Waals surface area contributed by atoms with Crippen molar-refractivity contribution in [3.05, 3.63) is 78.5 Å². The predicted molar refractivity (Wildman–Crippen MR) is 121 cm³/mol. The molecule has 0 aliphatic heterocycles. The van der Waals surface area contributed by atoms with Gasteiger partial charge in [0, 0.05) is 28.4 Å². The lowest BCUT2D eigenvalue weighted by atomic mass is 10.1. The van der Waals surface area contributed by atoms with Crippen LogP contribution in [0.5, 0.6) is 5.75 Å². The highest BCUT2D eigenvalue weighted by Crippen LogP contribution is 2.36. The average Bonchev–Trinajstić information content (AvgIpc) is 3.19. The molecule has 32 heavy (non-hydrogen) atoms. The zero-order valence-corrected chi connectivity index (χ0v) is 17.1. The van der Waals surface area contributed by atoms with Crippen molar-refractivity contribution in [2.75, 3.05) is 19.0 Å². The molecule has 0 spiro atoms. The number of nitrogens with one attached hydrogen (secondary N) is 1. The van der Waals surface area contributed by atoms with Crippen molar-refractivity contribution >= 4 is 50.4 Å². The number of anilines is 1. The number of benzene rings is 3. The molecule has 1 N–H and O–H groups in total. The van der Waals surface area contributed by atoms with Gasteiger partial charge in [-0.3, -0.25) is 9.78 Å². The summed E-state index contributed by atoms with van der Waals surface area (Å²) in [7, 11) is 1.52. The molecule has 7 nitrogen and oxygen atoms in total. The number of para-hydroxylation sites is 1. The van der Waals surface area contributed by atoms with E-state index in [9.17, 15) is 9.59 Å². The molecule has 5 rings (SSSR count). The van der Waals surface area contributed by atoms with Crippen molar-refractivity contribution in [2.45, 2.75) is 0 Å². The third kappa shape index (κ3) is 3.50. The van der Waals surface area contributed by atoms with Gasteiger partial charge in [-0.15, -0.1) is 0 Å². The summed E-state index contributed by atoms with van der Waals surface area (Å²) in [4.78, 5) is 29.3. The van der Waals surface area contributed by atoms with Crippen LogP contribution in [0, 0.1) is 0 Å². The van der Waals surface area contributed by atoms with Crippen LogP contribution in [0.15, 0.2) is 77.3 Å². The lowest BCUT2D eigenvalue weighted by Crippen LogP contribution is -2.21. The summed E-state index contributed by atoms with van der Waals surface area (Å²) < 4.78 is 16.6. The minimum Gasteiger partial charge on any atom is -0.495 e. The first kappa shape index (κ1) is 19.6. The van der Waals surface area contributed by atoms with Crippen molar-refractivity contribution in [3.63, 3.8) is 0 Å². The smallest absolute Gasteiger partial charge is 0.339 e. The Morgan fingerprint density at radius 3 is 2.66 bits per heavy atom. The van der Waals surface area contributed by atoms with Crippen LogP contribution in [0.1, 0.15) is 10.4 Å². The Balaban J connectivity index is 1.34. The zero-order chi connectivity index (χ0) is 22.1. The molecule has 0 saturated carbocycles. The Morgan fingerprint density at radius 1 is 0.938 bits per heavy atom. The van der Waals surface area contributed by atoms with Crippen LogP contribution in [-0.4, -0.2) is 30.6 Å². The van der Waals surface area contributed by atoms with Gasteiger partial charge in [-0.05, 0) is 30.3 Å². The van der Waals surface area contributed by atoms with Gasteiger partial charge >= 0.3 is 5.97 Å². The number of nitrogens with zero attached hydrogens (tertiary/aromatic N) is 1. The molecule has 1 amide bonds. The maximum absolute atomic E-state index is 12.5. The first-order valence-electron chi connectivity index (χ1n) is 9.94. The standard InChI is InChI=1S/C25H18N2O5/c1-30-23-12-18-16-6-2-3-10-21(16)32-22(18)13-20(23)27-24(28)14-31-25(29)17-7-4-9-19-15(17)8-5-11-26-19/h2-13H,14H2,1H3,(H,27,28). The monoisotopic (exact) mass is 426 g/mol. The lowest BCUT2D eigenvalue weighted by Gasteiger charge is -2.11. The number of pyridine rings is 1. The molecule has 0 aliphatic carbocycles. The van der Waals surface area contributed by atoms with E-state index in [2.05, 4.69) is 10.3 Å². The van der Waals surface area contributed by atoms with E-state index in [1.54, 1.807) is 42.6 Å². The molecule has 0 atom stereocenters. The molecule has 2 heterocycles. The third-order valence-corrected chi connectivity index (χ3v) is 5.17. The van der Waals surface area contributed by atoms with E-state index >= 15 is 0 Å². The van der Waals surface area contributed by atoms with E-state index in [0.717, 1.165) is 16.4 Å². The summed E-state index contributed by atoms with van der Waals surface area (Å²) in [6, 6.07) is 19.9. The molecular weight excluding hydrogens is 408 g/mol. The molecule has 5 aromatic rings. The molecule has 0 fully saturated rings. The number of fused-ring (bicyclic) bond motifs is 4. The van der Waals surface area contributed by atoms with E-state index in [0.29, 0.717) is 33.5 Å². The van der Waals surface area contributed by atoms with Crippen LogP contribution in [-0.2, 0) is 9.53 Å². The fourth-order valence-corrected chi connectivity index (χ4v) is 3.69. The summed E-state index contributed by atoms with van der Waals surface area (Å²) in [5.41, 5.74) is 2.81. The van der Waals surface area contributed by atoms with Crippen molar-refractivity contribution in [3.8, 4) is 5.75 Å². The Bertz CT molecular complexity index is 1480. The Labute approximate surface area is 182 Å². The van der Waals surface area contributed by atoms with E-state index < -0.39 is 18.5 Å². The number of rotatable bonds is 5. The number of esters is 1. The largest absolute Gasteiger partial charge is 0.495 e. The number of hydrogen-bond acceptors (Lipinski definition) is 6. The van der Waals surface area contributed by atoms with Crippen LogP contribution < -0.4 is 10.1 Å². The van der Waals surface area contributed by atoms with Gasteiger partial charge in [-0.25, -0.2) is 4.79 Å². The molecule has 0 unspecified atom stereocenters. The van der Waals surface area contributed by atoms with Gasteiger partial charge in [0.15, 0.2) is 6.61 Å². The second-order valence-corrected chi connectivity index (χ2v) is 7.15. The maximum atomic E-state index is 12.5. The number of ether oxygens (including phenoxy) is 2. The Morgan fingerprint density at radius 2 is 1.78 bits per heavy atom. The van der Waals surface area contributed by atoms with Crippen molar-refractivity contribution in [1.82, 2.24) is 4.98 Å². The van der Waals surface area contributed by atoms with Gasteiger partial charge in [-0.1, -0.05) is 30.3 Å². The summed E-state index contributed by atoms with van der Waals surface area (Å²) in [5.74, 6) is -0.618. The lowest BCUT2D eigenvalue weighted by molar-refractivity contribution is -0.119. The topological polar surface area (TPSA) is 90.7 Å². The normalized spacial score (nSPS) is 11.0.